The zero-order valence-corrected chi connectivity index (χ0v) is 14.2. The Bertz CT molecular complexity index is 712. The molecule has 1 aliphatic rings. The van der Waals surface area contributed by atoms with E-state index in [2.05, 4.69) is 10.4 Å². The first-order valence-corrected chi connectivity index (χ1v) is 8.44. The number of ether oxygens (including phenoxy) is 1. The summed E-state index contributed by atoms with van der Waals surface area (Å²) in [6.07, 6.45) is 4.43. The Morgan fingerprint density at radius 3 is 2.84 bits per heavy atom. The molecule has 2 heterocycles. The van der Waals surface area contributed by atoms with Crippen LogP contribution in [-0.4, -0.2) is 34.9 Å². The van der Waals surface area contributed by atoms with E-state index in [0.29, 0.717) is 26.1 Å². The Balaban J connectivity index is 1.54. The number of cyclic esters (lactones) is 1. The minimum atomic E-state index is -0.307. The van der Waals surface area contributed by atoms with E-state index in [0.717, 1.165) is 17.7 Å². The fourth-order valence-corrected chi connectivity index (χ4v) is 2.77. The molecule has 3 rings (SSSR count). The summed E-state index contributed by atoms with van der Waals surface area (Å²) in [6.45, 7) is 3.64. The fraction of sp³-hybridized carbons (Fsp3) is 0.389. The number of amides is 2. The maximum absolute atomic E-state index is 12.1. The lowest BCUT2D eigenvalue weighted by Crippen LogP contribution is -2.37. The van der Waals surface area contributed by atoms with Crippen LogP contribution in [0.15, 0.2) is 42.7 Å². The maximum atomic E-state index is 12.1. The van der Waals surface area contributed by atoms with Gasteiger partial charge in [-0.25, -0.2) is 4.79 Å². The topological polar surface area (TPSA) is 76.5 Å². The van der Waals surface area contributed by atoms with Gasteiger partial charge in [-0.15, -0.1) is 0 Å². The van der Waals surface area contributed by atoms with Gasteiger partial charge < -0.3 is 10.1 Å². The maximum Gasteiger partial charge on any atom is 0.414 e. The third-order valence-corrected chi connectivity index (χ3v) is 4.18. The smallest absolute Gasteiger partial charge is 0.414 e. The minimum absolute atomic E-state index is 0.0216. The number of hydrogen-bond donors (Lipinski definition) is 1. The minimum Gasteiger partial charge on any atom is -0.449 e. The Kier molecular flexibility index (Phi) is 5.33. The number of hydrogen-bond acceptors (Lipinski definition) is 4. The van der Waals surface area contributed by atoms with Crippen molar-refractivity contribution in [2.75, 3.05) is 18.1 Å². The molecule has 0 saturated carbocycles. The Morgan fingerprint density at radius 2 is 2.16 bits per heavy atom. The van der Waals surface area contributed by atoms with Gasteiger partial charge in [0.1, 0.15) is 0 Å². The van der Waals surface area contributed by atoms with Crippen LogP contribution >= 0.6 is 0 Å². The summed E-state index contributed by atoms with van der Waals surface area (Å²) in [6, 6.07) is 9.35. The van der Waals surface area contributed by atoms with Crippen molar-refractivity contribution in [3.05, 3.63) is 48.3 Å². The molecule has 1 fully saturated rings. The second-order valence-corrected chi connectivity index (χ2v) is 6.02. The molecular formula is C18H22N4O3. The zero-order valence-electron chi connectivity index (χ0n) is 14.2. The van der Waals surface area contributed by atoms with E-state index in [1.165, 1.54) is 0 Å². The van der Waals surface area contributed by atoms with E-state index in [-0.39, 0.29) is 18.0 Å². The number of aryl methyl sites for hydroxylation is 1. The number of aromatic nitrogens is 2. The van der Waals surface area contributed by atoms with Crippen molar-refractivity contribution in [1.29, 1.82) is 0 Å². The number of rotatable bonds is 6. The van der Waals surface area contributed by atoms with Gasteiger partial charge in [0.05, 0.1) is 12.6 Å². The normalized spacial score (nSPS) is 15.6. The van der Waals surface area contributed by atoms with E-state index >= 15 is 0 Å². The highest BCUT2D eigenvalue weighted by Gasteiger charge is 2.21. The van der Waals surface area contributed by atoms with Gasteiger partial charge in [-0.2, -0.15) is 5.10 Å². The van der Waals surface area contributed by atoms with Crippen LogP contribution in [0.4, 0.5) is 10.5 Å². The van der Waals surface area contributed by atoms with Crippen molar-refractivity contribution in [2.45, 2.75) is 32.4 Å². The average molecular weight is 342 g/mol. The van der Waals surface area contributed by atoms with Crippen LogP contribution < -0.4 is 10.2 Å². The molecule has 7 heteroatoms. The molecule has 1 atom stereocenters. The molecule has 1 saturated heterocycles. The van der Waals surface area contributed by atoms with Crippen LogP contribution in [0.5, 0.6) is 0 Å². The van der Waals surface area contributed by atoms with E-state index in [1.807, 2.05) is 43.5 Å². The number of anilines is 1. The van der Waals surface area contributed by atoms with Crippen LogP contribution in [0, 0.1) is 0 Å². The van der Waals surface area contributed by atoms with Gasteiger partial charge in [0.25, 0.3) is 0 Å². The molecule has 7 nitrogen and oxygen atoms in total. The highest BCUT2D eigenvalue weighted by Crippen LogP contribution is 2.21. The fourth-order valence-electron chi connectivity index (χ4n) is 2.77. The monoisotopic (exact) mass is 342 g/mol. The van der Waals surface area contributed by atoms with Crippen molar-refractivity contribution >= 4 is 17.7 Å². The molecule has 0 radical (unpaired) electrons. The molecule has 1 N–H and O–H groups in total. The van der Waals surface area contributed by atoms with Crippen molar-refractivity contribution in [1.82, 2.24) is 15.1 Å². The number of benzene rings is 1. The average Bonchev–Trinajstić information content (AvgIpc) is 3.14. The first kappa shape index (κ1) is 17.0. The van der Waals surface area contributed by atoms with Crippen LogP contribution in [0.1, 0.15) is 31.4 Å². The summed E-state index contributed by atoms with van der Waals surface area (Å²) in [7, 11) is 0. The summed E-state index contributed by atoms with van der Waals surface area (Å²) in [5, 5.41) is 7.06. The summed E-state index contributed by atoms with van der Waals surface area (Å²) in [5.41, 5.74) is 1.80. The predicted octanol–water partition coefficient (Wildman–Crippen LogP) is 2.50. The number of carbonyl (C=O) groups excluding carboxylic acids is 2. The number of nitrogens with one attached hydrogen (secondary N) is 1. The molecule has 0 aliphatic carbocycles. The van der Waals surface area contributed by atoms with Crippen LogP contribution in [0.3, 0.4) is 0 Å². The third-order valence-electron chi connectivity index (χ3n) is 4.18. The highest BCUT2D eigenvalue weighted by molar-refractivity contribution is 5.88. The van der Waals surface area contributed by atoms with E-state index in [4.69, 9.17) is 4.74 Å². The molecule has 132 valence electrons. The van der Waals surface area contributed by atoms with E-state index in [9.17, 15) is 9.59 Å². The lowest BCUT2D eigenvalue weighted by atomic mass is 10.1. The molecule has 1 aromatic heterocycles. The standard InChI is InChI=1S/C18H22N4O3/c1-14(20-17(23)8-12-21-10-2-9-19-21)15-4-6-16(7-5-15)22-11-3-13-25-18(22)24/h2,4-7,9-10,14H,3,8,11-13H2,1H3,(H,20,23). The predicted molar refractivity (Wildman–Crippen MR) is 93.2 cm³/mol. The van der Waals surface area contributed by atoms with Crippen LogP contribution in [-0.2, 0) is 16.1 Å². The molecule has 1 aliphatic heterocycles. The van der Waals surface area contributed by atoms with Gasteiger partial charge in [0, 0.05) is 37.6 Å². The second-order valence-electron chi connectivity index (χ2n) is 6.02. The van der Waals surface area contributed by atoms with Crippen molar-refractivity contribution < 1.29 is 14.3 Å². The molecule has 1 aromatic carbocycles. The summed E-state index contributed by atoms with van der Waals surface area (Å²) >= 11 is 0. The molecule has 0 spiro atoms. The lowest BCUT2D eigenvalue weighted by molar-refractivity contribution is -0.122. The summed E-state index contributed by atoms with van der Waals surface area (Å²) in [4.78, 5) is 25.5. The van der Waals surface area contributed by atoms with Gasteiger partial charge >= 0.3 is 6.09 Å². The number of nitrogens with zero attached hydrogens (tertiary/aromatic N) is 3. The Labute approximate surface area is 146 Å². The van der Waals surface area contributed by atoms with Crippen LogP contribution in [0.2, 0.25) is 0 Å². The van der Waals surface area contributed by atoms with Gasteiger partial charge in [0.2, 0.25) is 5.91 Å². The zero-order chi connectivity index (χ0) is 17.6. The van der Waals surface area contributed by atoms with E-state index in [1.54, 1.807) is 15.8 Å². The summed E-state index contributed by atoms with van der Waals surface area (Å²) in [5.74, 6) is -0.0216. The molecule has 2 aromatic rings. The molecule has 25 heavy (non-hydrogen) atoms. The Morgan fingerprint density at radius 1 is 1.36 bits per heavy atom. The summed E-state index contributed by atoms with van der Waals surface area (Å²) < 4.78 is 6.79. The highest BCUT2D eigenvalue weighted by atomic mass is 16.6. The number of carbonyl (C=O) groups is 2. The molecule has 2 amide bonds. The largest absolute Gasteiger partial charge is 0.449 e. The van der Waals surface area contributed by atoms with Crippen molar-refractivity contribution in [2.24, 2.45) is 0 Å². The van der Waals surface area contributed by atoms with Crippen molar-refractivity contribution in [3.63, 3.8) is 0 Å². The van der Waals surface area contributed by atoms with Crippen molar-refractivity contribution in [3.8, 4) is 0 Å². The first-order valence-electron chi connectivity index (χ1n) is 8.44. The van der Waals surface area contributed by atoms with Crippen LogP contribution in [0.25, 0.3) is 0 Å². The molecule has 1 unspecified atom stereocenters. The SMILES string of the molecule is CC(NC(=O)CCn1cccn1)c1ccc(N2CCCOC2=O)cc1. The quantitative estimate of drug-likeness (QED) is 0.875. The second kappa shape index (κ2) is 7.83. The van der Waals surface area contributed by atoms with Gasteiger partial charge in [-0.1, -0.05) is 12.1 Å². The molecule has 0 bridgehead atoms. The first-order chi connectivity index (χ1) is 12.1. The van der Waals surface area contributed by atoms with Gasteiger partial charge in [-0.05, 0) is 37.1 Å². The van der Waals surface area contributed by atoms with Gasteiger partial charge in [-0.3, -0.25) is 14.4 Å². The third kappa shape index (κ3) is 4.37. The molecular weight excluding hydrogens is 320 g/mol. The Hall–Kier alpha value is -2.83. The van der Waals surface area contributed by atoms with E-state index < -0.39 is 0 Å². The van der Waals surface area contributed by atoms with Gasteiger partial charge in [0.15, 0.2) is 0 Å². The lowest BCUT2D eigenvalue weighted by Gasteiger charge is -2.26.